The van der Waals surface area contributed by atoms with E-state index in [9.17, 15) is 9.59 Å². The quantitative estimate of drug-likeness (QED) is 0.454. The van der Waals surface area contributed by atoms with Crippen LogP contribution in [0.25, 0.3) is 11.0 Å². The van der Waals surface area contributed by atoms with Gasteiger partial charge in [-0.3, -0.25) is 0 Å². The molecule has 0 fully saturated rings. The number of rotatable bonds is 4. The monoisotopic (exact) mass is 422 g/mol. The highest BCUT2D eigenvalue weighted by molar-refractivity contribution is 9.10. The Morgan fingerprint density at radius 2 is 2.00 bits per heavy atom. The molecule has 0 saturated heterocycles. The van der Waals surface area contributed by atoms with Crippen molar-refractivity contribution in [3.8, 4) is 5.75 Å². The fourth-order valence-electron chi connectivity index (χ4n) is 2.38. The van der Waals surface area contributed by atoms with E-state index in [0.29, 0.717) is 27.3 Å². The molecule has 25 heavy (non-hydrogen) atoms. The molecule has 0 radical (unpaired) electrons. The minimum Gasteiger partial charge on any atom is -0.496 e. The third-order valence-electron chi connectivity index (χ3n) is 3.53. The second-order valence-electron chi connectivity index (χ2n) is 5.15. The van der Waals surface area contributed by atoms with Crippen LogP contribution in [0.1, 0.15) is 15.9 Å². The summed E-state index contributed by atoms with van der Waals surface area (Å²) in [6.07, 6.45) is 0. The first-order valence-corrected chi connectivity index (χ1v) is 8.38. The van der Waals surface area contributed by atoms with Gasteiger partial charge in [0.15, 0.2) is 0 Å². The molecule has 0 atom stereocenters. The van der Waals surface area contributed by atoms with Gasteiger partial charge in [0, 0.05) is 26.5 Å². The average molecular weight is 424 g/mol. The number of hydrogen-bond acceptors (Lipinski definition) is 5. The van der Waals surface area contributed by atoms with Gasteiger partial charge in [-0.1, -0.05) is 27.5 Å². The molecular weight excluding hydrogens is 412 g/mol. The Labute approximate surface area is 156 Å². The zero-order valence-electron chi connectivity index (χ0n) is 13.0. The maximum Gasteiger partial charge on any atom is 0.342 e. The number of benzene rings is 2. The van der Waals surface area contributed by atoms with Crippen LogP contribution in [0.2, 0.25) is 5.02 Å². The predicted octanol–water partition coefficient (Wildman–Crippen LogP) is 4.57. The molecule has 0 amide bonds. The SMILES string of the molecule is COc1ccc(Cl)cc1C(=O)OCc1cc(=O)oc2cc(Br)ccc12. The Bertz CT molecular complexity index is 1010. The zero-order valence-corrected chi connectivity index (χ0v) is 15.4. The van der Waals surface area contributed by atoms with Crippen molar-refractivity contribution in [2.75, 3.05) is 7.11 Å². The molecule has 7 heteroatoms. The van der Waals surface area contributed by atoms with Gasteiger partial charge in [-0.25, -0.2) is 9.59 Å². The molecule has 3 rings (SSSR count). The zero-order chi connectivity index (χ0) is 18.0. The Hall–Kier alpha value is -2.31. The van der Waals surface area contributed by atoms with Crippen molar-refractivity contribution in [2.45, 2.75) is 6.61 Å². The van der Waals surface area contributed by atoms with Gasteiger partial charge in [-0.2, -0.15) is 0 Å². The van der Waals surface area contributed by atoms with E-state index in [1.54, 1.807) is 24.3 Å². The van der Waals surface area contributed by atoms with Crippen LogP contribution < -0.4 is 10.4 Å². The lowest BCUT2D eigenvalue weighted by molar-refractivity contribution is 0.0470. The van der Waals surface area contributed by atoms with E-state index in [0.717, 1.165) is 4.47 Å². The topological polar surface area (TPSA) is 65.7 Å². The molecule has 1 aromatic heterocycles. The van der Waals surface area contributed by atoms with Crippen LogP contribution in [0.15, 0.2) is 56.1 Å². The first-order valence-electron chi connectivity index (χ1n) is 7.21. The van der Waals surface area contributed by atoms with Crippen LogP contribution in [0.3, 0.4) is 0 Å². The van der Waals surface area contributed by atoms with Crippen molar-refractivity contribution in [3.05, 3.63) is 73.5 Å². The lowest BCUT2D eigenvalue weighted by atomic mass is 10.1. The van der Waals surface area contributed by atoms with Crippen molar-refractivity contribution in [1.29, 1.82) is 0 Å². The summed E-state index contributed by atoms with van der Waals surface area (Å²) in [7, 11) is 1.45. The molecule has 3 aromatic rings. The van der Waals surface area contributed by atoms with Crippen molar-refractivity contribution in [3.63, 3.8) is 0 Å². The van der Waals surface area contributed by atoms with Crippen LogP contribution in [0.4, 0.5) is 0 Å². The number of fused-ring (bicyclic) bond motifs is 1. The number of carbonyl (C=O) groups is 1. The second kappa shape index (κ2) is 7.29. The fraction of sp³-hybridized carbons (Fsp3) is 0.111. The molecule has 0 aliphatic rings. The van der Waals surface area contributed by atoms with Crippen LogP contribution in [0.5, 0.6) is 5.75 Å². The molecule has 0 bridgehead atoms. The molecule has 0 unspecified atom stereocenters. The third kappa shape index (κ3) is 3.86. The van der Waals surface area contributed by atoms with Crippen LogP contribution >= 0.6 is 27.5 Å². The normalized spacial score (nSPS) is 10.7. The number of esters is 1. The van der Waals surface area contributed by atoms with Crippen molar-refractivity contribution in [1.82, 2.24) is 0 Å². The van der Waals surface area contributed by atoms with E-state index in [4.69, 9.17) is 25.5 Å². The summed E-state index contributed by atoms with van der Waals surface area (Å²) in [5, 5.41) is 1.08. The predicted molar refractivity (Wildman–Crippen MR) is 97.3 cm³/mol. The molecule has 0 N–H and O–H groups in total. The van der Waals surface area contributed by atoms with E-state index in [1.807, 2.05) is 6.07 Å². The summed E-state index contributed by atoms with van der Waals surface area (Å²) >= 11 is 9.25. The van der Waals surface area contributed by atoms with Crippen molar-refractivity contribution >= 4 is 44.5 Å². The van der Waals surface area contributed by atoms with Gasteiger partial charge >= 0.3 is 11.6 Å². The highest BCUT2D eigenvalue weighted by Gasteiger charge is 2.16. The van der Waals surface area contributed by atoms with E-state index < -0.39 is 11.6 Å². The Kier molecular flexibility index (Phi) is 5.11. The molecule has 128 valence electrons. The molecule has 1 heterocycles. The number of carbonyl (C=O) groups excluding carboxylic acids is 1. The number of halogens is 2. The summed E-state index contributed by atoms with van der Waals surface area (Å²) < 4.78 is 16.4. The molecule has 0 spiro atoms. The lowest BCUT2D eigenvalue weighted by Gasteiger charge is -2.10. The summed E-state index contributed by atoms with van der Waals surface area (Å²) in [6, 6.07) is 11.3. The smallest absolute Gasteiger partial charge is 0.342 e. The van der Waals surface area contributed by atoms with Crippen LogP contribution in [-0.2, 0) is 11.3 Å². The third-order valence-corrected chi connectivity index (χ3v) is 4.26. The largest absolute Gasteiger partial charge is 0.496 e. The van der Waals surface area contributed by atoms with Crippen molar-refractivity contribution < 1.29 is 18.7 Å². The Morgan fingerprint density at radius 1 is 1.20 bits per heavy atom. The first-order chi connectivity index (χ1) is 12.0. The molecule has 0 aliphatic carbocycles. The maximum absolute atomic E-state index is 12.4. The van der Waals surface area contributed by atoms with Gasteiger partial charge in [0.25, 0.3) is 0 Å². The summed E-state index contributed by atoms with van der Waals surface area (Å²) in [4.78, 5) is 24.1. The number of hydrogen-bond donors (Lipinski definition) is 0. The summed E-state index contributed by atoms with van der Waals surface area (Å²) in [6.45, 7) is -0.0851. The number of ether oxygens (including phenoxy) is 2. The molecule has 0 saturated carbocycles. The van der Waals surface area contributed by atoms with E-state index in [1.165, 1.54) is 19.2 Å². The molecule has 0 aliphatic heterocycles. The Balaban J connectivity index is 1.89. The van der Waals surface area contributed by atoms with Crippen molar-refractivity contribution in [2.24, 2.45) is 0 Å². The van der Waals surface area contributed by atoms with E-state index in [2.05, 4.69) is 15.9 Å². The van der Waals surface area contributed by atoms with E-state index in [-0.39, 0.29) is 12.2 Å². The Morgan fingerprint density at radius 3 is 2.76 bits per heavy atom. The molecule has 2 aromatic carbocycles. The minimum absolute atomic E-state index is 0.0851. The highest BCUT2D eigenvalue weighted by atomic mass is 79.9. The number of methoxy groups -OCH3 is 1. The highest BCUT2D eigenvalue weighted by Crippen LogP contribution is 2.25. The molecular formula is C18H12BrClO5. The van der Waals surface area contributed by atoms with Gasteiger partial charge in [-0.15, -0.1) is 0 Å². The lowest BCUT2D eigenvalue weighted by Crippen LogP contribution is -2.09. The van der Waals surface area contributed by atoms with E-state index >= 15 is 0 Å². The second-order valence-corrected chi connectivity index (χ2v) is 6.50. The fourth-order valence-corrected chi connectivity index (χ4v) is 2.90. The van der Waals surface area contributed by atoms with Crippen LogP contribution in [0, 0.1) is 0 Å². The average Bonchev–Trinajstić information content (AvgIpc) is 2.58. The van der Waals surface area contributed by atoms with Gasteiger partial charge < -0.3 is 13.9 Å². The standard InChI is InChI=1S/C18H12BrClO5/c1-23-15-5-3-12(20)8-14(15)18(22)24-9-10-6-17(21)25-16-7-11(19)2-4-13(10)16/h2-8H,9H2,1H3. The maximum atomic E-state index is 12.4. The minimum atomic E-state index is -0.599. The van der Waals surface area contributed by atoms with Gasteiger partial charge in [0.2, 0.25) is 0 Å². The van der Waals surface area contributed by atoms with Crippen LogP contribution in [-0.4, -0.2) is 13.1 Å². The first kappa shape index (κ1) is 17.5. The summed E-state index contributed by atoms with van der Waals surface area (Å²) in [5.41, 5.74) is 0.656. The van der Waals surface area contributed by atoms with Gasteiger partial charge in [-0.05, 0) is 36.4 Å². The van der Waals surface area contributed by atoms with Gasteiger partial charge in [0.05, 0.1) is 7.11 Å². The van der Waals surface area contributed by atoms with Gasteiger partial charge in [0.1, 0.15) is 23.5 Å². The molecule has 5 nitrogen and oxygen atoms in total. The summed E-state index contributed by atoms with van der Waals surface area (Å²) in [5.74, 6) is -0.242.